The summed E-state index contributed by atoms with van der Waals surface area (Å²) in [7, 11) is 0. The van der Waals surface area contributed by atoms with Crippen LogP contribution in [-0.2, 0) is 0 Å². The number of pyridine rings is 1. The van der Waals surface area contributed by atoms with Gasteiger partial charge >= 0.3 is 0 Å². The molecule has 2 aromatic carbocycles. The number of piperazine rings is 1. The van der Waals surface area contributed by atoms with Gasteiger partial charge in [0.25, 0.3) is 5.91 Å². The van der Waals surface area contributed by atoms with E-state index in [0.29, 0.717) is 5.56 Å². The molecule has 2 fully saturated rings. The van der Waals surface area contributed by atoms with Gasteiger partial charge in [0.05, 0.1) is 22.6 Å². The number of nitrogens with one attached hydrogen (secondary N) is 1. The fourth-order valence-corrected chi connectivity index (χ4v) is 4.70. The van der Waals surface area contributed by atoms with Gasteiger partial charge in [-0.15, -0.1) is 0 Å². The lowest BCUT2D eigenvalue weighted by atomic mass is 10.1. The van der Waals surface area contributed by atoms with E-state index in [-0.39, 0.29) is 17.8 Å². The van der Waals surface area contributed by atoms with E-state index < -0.39 is 0 Å². The monoisotopic (exact) mass is 444 g/mol. The van der Waals surface area contributed by atoms with Gasteiger partial charge in [0.2, 0.25) is 0 Å². The second kappa shape index (κ2) is 7.81. The SMILES string of the molecule is CC(c1nc2ccc(C(=O)N3CC3)cc2[nH]1)N1CCN(c2ccnc3ccc(F)cc23)CC1. The Bertz CT molecular complexity index is 1360. The van der Waals surface area contributed by atoms with E-state index in [0.717, 1.165) is 72.7 Å². The van der Waals surface area contributed by atoms with Gasteiger partial charge in [-0.2, -0.15) is 0 Å². The van der Waals surface area contributed by atoms with Crippen molar-refractivity contribution in [2.45, 2.75) is 13.0 Å². The average molecular weight is 445 g/mol. The quantitative estimate of drug-likeness (QED) is 0.487. The molecule has 4 aromatic rings. The van der Waals surface area contributed by atoms with Gasteiger partial charge in [0, 0.05) is 62.1 Å². The lowest BCUT2D eigenvalue weighted by molar-refractivity contribution is 0.0885. The Morgan fingerprint density at radius 2 is 1.79 bits per heavy atom. The molecule has 6 rings (SSSR count). The fraction of sp³-hybridized carbons (Fsp3) is 0.320. The molecule has 0 spiro atoms. The summed E-state index contributed by atoms with van der Waals surface area (Å²) >= 11 is 0. The second-order valence-electron chi connectivity index (χ2n) is 8.84. The molecule has 1 amide bonds. The first kappa shape index (κ1) is 20.1. The van der Waals surface area contributed by atoms with Crippen LogP contribution in [0.15, 0.2) is 48.7 Å². The zero-order valence-corrected chi connectivity index (χ0v) is 18.5. The van der Waals surface area contributed by atoms with Gasteiger partial charge in [0.1, 0.15) is 11.6 Å². The van der Waals surface area contributed by atoms with Crippen molar-refractivity contribution in [3.63, 3.8) is 0 Å². The molecule has 0 bridgehead atoms. The number of carbonyl (C=O) groups is 1. The summed E-state index contributed by atoms with van der Waals surface area (Å²) in [5.41, 5.74) is 4.32. The highest BCUT2D eigenvalue weighted by atomic mass is 19.1. The van der Waals surface area contributed by atoms with Crippen LogP contribution in [0.2, 0.25) is 0 Å². The van der Waals surface area contributed by atoms with E-state index in [1.165, 1.54) is 6.07 Å². The summed E-state index contributed by atoms with van der Waals surface area (Å²) in [6.45, 7) is 7.28. The summed E-state index contributed by atoms with van der Waals surface area (Å²) in [6.07, 6.45) is 1.79. The molecule has 7 nitrogen and oxygen atoms in total. The normalized spacial score (nSPS) is 17.6. The van der Waals surface area contributed by atoms with Crippen LogP contribution in [0.4, 0.5) is 10.1 Å². The molecule has 4 heterocycles. The predicted octanol–water partition coefficient (Wildman–Crippen LogP) is 3.59. The van der Waals surface area contributed by atoms with Crippen LogP contribution in [0.1, 0.15) is 29.1 Å². The number of H-pyrrole nitrogens is 1. The number of aromatic nitrogens is 3. The molecule has 0 saturated carbocycles. The fourth-order valence-electron chi connectivity index (χ4n) is 4.70. The van der Waals surface area contributed by atoms with E-state index in [1.807, 2.05) is 29.2 Å². The predicted molar refractivity (Wildman–Crippen MR) is 126 cm³/mol. The number of carbonyl (C=O) groups excluding carboxylic acids is 1. The Morgan fingerprint density at radius 3 is 2.58 bits per heavy atom. The van der Waals surface area contributed by atoms with Gasteiger partial charge in [-0.25, -0.2) is 9.37 Å². The zero-order valence-electron chi connectivity index (χ0n) is 18.5. The van der Waals surface area contributed by atoms with E-state index in [2.05, 4.69) is 26.7 Å². The van der Waals surface area contributed by atoms with Crippen LogP contribution in [-0.4, -0.2) is 69.9 Å². The van der Waals surface area contributed by atoms with Crippen molar-refractivity contribution in [2.75, 3.05) is 44.2 Å². The molecule has 0 aliphatic carbocycles. The Hall–Kier alpha value is -3.52. The summed E-state index contributed by atoms with van der Waals surface area (Å²) in [5, 5.41) is 0.851. The molecular weight excluding hydrogens is 419 g/mol. The first-order chi connectivity index (χ1) is 16.1. The summed E-state index contributed by atoms with van der Waals surface area (Å²) in [4.78, 5) is 31.5. The highest BCUT2D eigenvalue weighted by molar-refractivity contribution is 5.98. The first-order valence-corrected chi connectivity index (χ1v) is 11.4. The number of imidazole rings is 1. The number of fused-ring (bicyclic) bond motifs is 2. The van der Waals surface area contributed by atoms with Crippen LogP contribution in [0, 0.1) is 5.82 Å². The molecular formula is C25H25FN6O. The van der Waals surface area contributed by atoms with E-state index in [1.54, 1.807) is 18.3 Å². The highest BCUT2D eigenvalue weighted by Gasteiger charge is 2.27. The molecule has 33 heavy (non-hydrogen) atoms. The number of hydrogen-bond acceptors (Lipinski definition) is 5. The molecule has 1 unspecified atom stereocenters. The molecule has 168 valence electrons. The molecule has 2 aliphatic rings. The third-order valence-electron chi connectivity index (χ3n) is 6.76. The molecule has 2 aromatic heterocycles. The third-order valence-corrected chi connectivity index (χ3v) is 6.76. The van der Waals surface area contributed by atoms with Crippen molar-refractivity contribution in [1.29, 1.82) is 0 Å². The number of amides is 1. The van der Waals surface area contributed by atoms with Crippen molar-refractivity contribution in [3.8, 4) is 0 Å². The maximum absolute atomic E-state index is 13.9. The Morgan fingerprint density at radius 1 is 1.00 bits per heavy atom. The van der Waals surface area contributed by atoms with Crippen LogP contribution >= 0.6 is 0 Å². The number of halogens is 1. The van der Waals surface area contributed by atoms with E-state index in [9.17, 15) is 9.18 Å². The van der Waals surface area contributed by atoms with Crippen molar-refractivity contribution in [3.05, 3.63) is 65.9 Å². The maximum atomic E-state index is 13.9. The molecule has 0 radical (unpaired) electrons. The summed E-state index contributed by atoms with van der Waals surface area (Å²) in [6, 6.07) is 12.5. The lowest BCUT2D eigenvalue weighted by Crippen LogP contribution is -2.47. The summed E-state index contributed by atoms with van der Waals surface area (Å²) < 4.78 is 13.9. The van der Waals surface area contributed by atoms with Crippen molar-refractivity contribution in [2.24, 2.45) is 0 Å². The van der Waals surface area contributed by atoms with Gasteiger partial charge in [0.15, 0.2) is 0 Å². The zero-order chi connectivity index (χ0) is 22.5. The molecule has 1 N–H and O–H groups in total. The number of rotatable bonds is 4. The Kier molecular flexibility index (Phi) is 4.76. The van der Waals surface area contributed by atoms with Crippen LogP contribution in [0.25, 0.3) is 21.9 Å². The van der Waals surface area contributed by atoms with Crippen molar-refractivity contribution < 1.29 is 9.18 Å². The van der Waals surface area contributed by atoms with Gasteiger partial charge in [-0.3, -0.25) is 14.7 Å². The number of benzene rings is 2. The Balaban J connectivity index is 1.18. The average Bonchev–Trinajstić information content (AvgIpc) is 3.61. The van der Waals surface area contributed by atoms with E-state index >= 15 is 0 Å². The minimum atomic E-state index is -0.243. The molecule has 8 heteroatoms. The Labute approximate surface area is 190 Å². The first-order valence-electron chi connectivity index (χ1n) is 11.4. The maximum Gasteiger partial charge on any atom is 0.254 e. The molecule has 2 saturated heterocycles. The van der Waals surface area contributed by atoms with Gasteiger partial charge in [-0.1, -0.05) is 0 Å². The van der Waals surface area contributed by atoms with Gasteiger partial charge in [-0.05, 0) is 49.4 Å². The van der Waals surface area contributed by atoms with Crippen molar-refractivity contribution >= 4 is 33.5 Å². The molecule has 2 aliphatic heterocycles. The van der Waals surface area contributed by atoms with Crippen LogP contribution < -0.4 is 4.90 Å². The van der Waals surface area contributed by atoms with Crippen LogP contribution in [0.5, 0.6) is 0 Å². The minimum Gasteiger partial charge on any atom is -0.368 e. The number of aromatic amines is 1. The van der Waals surface area contributed by atoms with Crippen LogP contribution in [0.3, 0.4) is 0 Å². The smallest absolute Gasteiger partial charge is 0.254 e. The number of anilines is 1. The number of hydrogen-bond donors (Lipinski definition) is 1. The second-order valence-corrected chi connectivity index (χ2v) is 8.84. The number of nitrogens with zero attached hydrogens (tertiary/aromatic N) is 5. The third kappa shape index (κ3) is 3.70. The summed E-state index contributed by atoms with van der Waals surface area (Å²) in [5.74, 6) is 0.750. The lowest BCUT2D eigenvalue weighted by Gasteiger charge is -2.38. The van der Waals surface area contributed by atoms with E-state index in [4.69, 9.17) is 4.98 Å². The largest absolute Gasteiger partial charge is 0.368 e. The molecule has 1 atom stereocenters. The topological polar surface area (TPSA) is 68.1 Å². The van der Waals surface area contributed by atoms with Crippen molar-refractivity contribution in [1.82, 2.24) is 24.8 Å². The standard InChI is InChI=1S/C25H25FN6O/c1-16(24-28-21-4-2-17(14-22(21)29-24)25(33)32-12-13-32)30-8-10-31(11-9-30)23-6-7-27-20-5-3-18(26)15-19(20)23/h2-7,14-16H,8-13H2,1H3,(H,28,29). The van der Waals surface area contributed by atoms with Gasteiger partial charge < -0.3 is 14.8 Å². The highest BCUT2D eigenvalue weighted by Crippen LogP contribution is 2.29. The minimum absolute atomic E-state index is 0.0840.